The monoisotopic (exact) mass is 372 g/mol. The van der Waals surface area contributed by atoms with Gasteiger partial charge in [-0.25, -0.2) is 0 Å². The lowest BCUT2D eigenvalue weighted by Crippen LogP contribution is -2.44. The summed E-state index contributed by atoms with van der Waals surface area (Å²) in [6.45, 7) is 3.65. The van der Waals surface area contributed by atoms with Crippen LogP contribution in [0.2, 0.25) is 0 Å². The second-order valence-electron chi connectivity index (χ2n) is 7.37. The summed E-state index contributed by atoms with van der Waals surface area (Å²) in [5.74, 6) is -0.322. The van der Waals surface area contributed by atoms with Gasteiger partial charge < -0.3 is 21.3 Å². The predicted molar refractivity (Wildman–Crippen MR) is 108 cm³/mol. The number of hydrogen-bond acceptors (Lipinski definition) is 4. The molecule has 1 aliphatic heterocycles. The fourth-order valence-electron chi connectivity index (χ4n) is 3.10. The second-order valence-corrected chi connectivity index (χ2v) is 7.37. The summed E-state index contributed by atoms with van der Waals surface area (Å²) in [5, 5.41) is 5.97. The Hall–Kier alpha value is -2.18. The van der Waals surface area contributed by atoms with E-state index < -0.39 is 6.04 Å². The van der Waals surface area contributed by atoms with Crippen LogP contribution in [0.3, 0.4) is 0 Å². The van der Waals surface area contributed by atoms with Gasteiger partial charge in [-0.05, 0) is 58.3 Å². The van der Waals surface area contributed by atoms with Crippen molar-refractivity contribution in [3.05, 3.63) is 48.0 Å². The highest BCUT2D eigenvalue weighted by molar-refractivity contribution is 5.88. The number of nitrogens with one attached hydrogen (secondary N) is 2. The standard InChI is InChI=1S/C21H32N4O2/c1-16(22)21(27)24-18(9-8-17-6-4-3-5-7-17)10-11-20(26)23-19-12-14-25(2)15-13-19/h3-7,10-11,16,18-19H,8-9,12-15,22H2,1-2H3,(H,23,26)(H,24,27)/t16-,18-/m0/s1. The van der Waals surface area contributed by atoms with Gasteiger partial charge >= 0.3 is 0 Å². The van der Waals surface area contributed by atoms with E-state index in [1.54, 1.807) is 13.0 Å². The number of carbonyl (C=O) groups excluding carboxylic acids is 2. The van der Waals surface area contributed by atoms with Crippen molar-refractivity contribution in [1.82, 2.24) is 15.5 Å². The van der Waals surface area contributed by atoms with Crippen molar-refractivity contribution < 1.29 is 9.59 Å². The minimum atomic E-state index is -0.578. The summed E-state index contributed by atoms with van der Waals surface area (Å²) in [5.41, 5.74) is 6.86. The molecule has 6 nitrogen and oxygen atoms in total. The molecule has 1 heterocycles. The quantitative estimate of drug-likeness (QED) is 0.599. The molecule has 0 bridgehead atoms. The summed E-state index contributed by atoms with van der Waals surface area (Å²) in [6.07, 6.45) is 6.76. The van der Waals surface area contributed by atoms with Gasteiger partial charge in [0.05, 0.1) is 6.04 Å². The number of nitrogens with two attached hydrogens (primary N) is 1. The number of aryl methyl sites for hydroxylation is 1. The van der Waals surface area contributed by atoms with E-state index in [1.807, 2.05) is 18.2 Å². The highest BCUT2D eigenvalue weighted by atomic mass is 16.2. The Morgan fingerprint density at radius 1 is 1.26 bits per heavy atom. The van der Waals surface area contributed by atoms with Crippen molar-refractivity contribution in [3.63, 3.8) is 0 Å². The topological polar surface area (TPSA) is 87.5 Å². The third-order valence-electron chi connectivity index (χ3n) is 4.87. The average molecular weight is 373 g/mol. The maximum atomic E-state index is 12.2. The number of piperidine rings is 1. The molecular formula is C21H32N4O2. The summed E-state index contributed by atoms with van der Waals surface area (Å²) < 4.78 is 0. The van der Waals surface area contributed by atoms with Crippen molar-refractivity contribution >= 4 is 11.8 Å². The lowest BCUT2D eigenvalue weighted by atomic mass is 10.0. The number of amides is 2. The van der Waals surface area contributed by atoms with Crippen LogP contribution in [0, 0.1) is 0 Å². The Labute approximate surface area is 162 Å². The van der Waals surface area contributed by atoms with Crippen LogP contribution in [0.15, 0.2) is 42.5 Å². The molecule has 148 valence electrons. The van der Waals surface area contributed by atoms with Gasteiger partial charge in [0.15, 0.2) is 0 Å². The summed E-state index contributed by atoms with van der Waals surface area (Å²) in [4.78, 5) is 26.5. The number of carbonyl (C=O) groups is 2. The Kier molecular flexibility index (Phi) is 8.48. The van der Waals surface area contributed by atoms with Crippen LogP contribution >= 0.6 is 0 Å². The zero-order chi connectivity index (χ0) is 19.6. The number of likely N-dealkylation sites (tertiary alicyclic amines) is 1. The van der Waals surface area contributed by atoms with Crippen molar-refractivity contribution in [2.24, 2.45) is 5.73 Å². The van der Waals surface area contributed by atoms with Gasteiger partial charge in [0.2, 0.25) is 11.8 Å². The van der Waals surface area contributed by atoms with Gasteiger partial charge in [-0.1, -0.05) is 36.4 Å². The van der Waals surface area contributed by atoms with Crippen LogP contribution in [0.25, 0.3) is 0 Å². The van der Waals surface area contributed by atoms with Crippen molar-refractivity contribution in [2.75, 3.05) is 20.1 Å². The van der Waals surface area contributed by atoms with E-state index >= 15 is 0 Å². The van der Waals surface area contributed by atoms with E-state index in [1.165, 1.54) is 11.6 Å². The summed E-state index contributed by atoms with van der Waals surface area (Å²) in [6, 6.07) is 9.50. The Bertz CT molecular complexity index is 622. The number of benzene rings is 1. The average Bonchev–Trinajstić information content (AvgIpc) is 2.66. The SMILES string of the molecule is C[C@H](N)C(=O)N[C@H](C=CC(=O)NC1CCN(C)CC1)CCc1ccccc1. The minimum Gasteiger partial charge on any atom is -0.350 e. The molecule has 1 aromatic carbocycles. The fourth-order valence-corrected chi connectivity index (χ4v) is 3.10. The molecule has 2 amide bonds. The first-order valence-electron chi connectivity index (χ1n) is 9.71. The molecule has 1 fully saturated rings. The van der Waals surface area contributed by atoms with Crippen LogP contribution in [0.5, 0.6) is 0 Å². The van der Waals surface area contributed by atoms with Crippen LogP contribution in [-0.4, -0.2) is 55.0 Å². The van der Waals surface area contributed by atoms with E-state index in [-0.39, 0.29) is 23.9 Å². The number of hydrogen-bond donors (Lipinski definition) is 3. The molecule has 1 aromatic rings. The first kappa shape index (κ1) is 21.1. The molecule has 0 spiro atoms. The molecule has 0 aromatic heterocycles. The van der Waals surface area contributed by atoms with Gasteiger partial charge in [-0.2, -0.15) is 0 Å². The predicted octanol–water partition coefficient (Wildman–Crippen LogP) is 1.22. The van der Waals surface area contributed by atoms with E-state index in [4.69, 9.17) is 5.73 Å². The smallest absolute Gasteiger partial charge is 0.243 e. The fraction of sp³-hybridized carbons (Fsp3) is 0.524. The van der Waals surface area contributed by atoms with Crippen LogP contribution in [0.4, 0.5) is 0 Å². The van der Waals surface area contributed by atoms with Gasteiger partial charge in [-0.3, -0.25) is 9.59 Å². The molecule has 0 saturated carbocycles. The first-order chi connectivity index (χ1) is 12.9. The van der Waals surface area contributed by atoms with Gasteiger partial charge in [0.25, 0.3) is 0 Å². The molecule has 1 saturated heterocycles. The molecular weight excluding hydrogens is 340 g/mol. The zero-order valence-electron chi connectivity index (χ0n) is 16.4. The molecule has 2 atom stereocenters. The van der Waals surface area contributed by atoms with Gasteiger partial charge in [-0.15, -0.1) is 0 Å². The first-order valence-corrected chi connectivity index (χ1v) is 9.71. The normalized spacial score (nSPS) is 18.2. The van der Waals surface area contributed by atoms with Crippen molar-refractivity contribution in [2.45, 2.75) is 50.7 Å². The molecule has 0 unspecified atom stereocenters. The Morgan fingerprint density at radius 3 is 2.56 bits per heavy atom. The second kappa shape index (κ2) is 10.8. The van der Waals surface area contributed by atoms with E-state index in [0.717, 1.165) is 32.4 Å². The van der Waals surface area contributed by atoms with E-state index in [9.17, 15) is 9.59 Å². The summed E-state index contributed by atoms with van der Waals surface area (Å²) in [7, 11) is 2.09. The van der Waals surface area contributed by atoms with Crippen LogP contribution < -0.4 is 16.4 Å². The van der Waals surface area contributed by atoms with Crippen LogP contribution in [0.1, 0.15) is 31.7 Å². The zero-order valence-corrected chi connectivity index (χ0v) is 16.4. The van der Waals surface area contributed by atoms with Crippen molar-refractivity contribution in [1.29, 1.82) is 0 Å². The number of rotatable bonds is 8. The molecule has 4 N–H and O–H groups in total. The van der Waals surface area contributed by atoms with Crippen LogP contribution in [-0.2, 0) is 16.0 Å². The maximum absolute atomic E-state index is 12.2. The van der Waals surface area contributed by atoms with Gasteiger partial charge in [0.1, 0.15) is 0 Å². The largest absolute Gasteiger partial charge is 0.350 e. The molecule has 1 aliphatic rings. The third-order valence-corrected chi connectivity index (χ3v) is 4.87. The van der Waals surface area contributed by atoms with Crippen molar-refractivity contribution in [3.8, 4) is 0 Å². The Balaban J connectivity index is 1.89. The molecule has 6 heteroatoms. The highest BCUT2D eigenvalue weighted by Gasteiger charge is 2.18. The lowest BCUT2D eigenvalue weighted by Gasteiger charge is -2.29. The minimum absolute atomic E-state index is 0.107. The summed E-state index contributed by atoms with van der Waals surface area (Å²) >= 11 is 0. The molecule has 2 rings (SSSR count). The van der Waals surface area contributed by atoms with Gasteiger partial charge in [0, 0.05) is 18.2 Å². The van der Waals surface area contributed by atoms with E-state index in [0.29, 0.717) is 6.42 Å². The molecule has 0 aliphatic carbocycles. The Morgan fingerprint density at radius 2 is 1.93 bits per heavy atom. The highest BCUT2D eigenvalue weighted by Crippen LogP contribution is 2.09. The lowest BCUT2D eigenvalue weighted by molar-refractivity contribution is -0.122. The molecule has 27 heavy (non-hydrogen) atoms. The van der Waals surface area contributed by atoms with E-state index in [2.05, 4.69) is 34.7 Å². The third kappa shape index (κ3) is 7.93. The number of nitrogens with zero attached hydrogens (tertiary/aromatic N) is 1. The molecule has 0 radical (unpaired) electrons. The maximum Gasteiger partial charge on any atom is 0.243 e.